The summed E-state index contributed by atoms with van der Waals surface area (Å²) in [5.41, 5.74) is 2.62. The normalized spacial score (nSPS) is 22.6. The van der Waals surface area contributed by atoms with Crippen LogP contribution >= 0.6 is 11.8 Å². The van der Waals surface area contributed by atoms with E-state index in [2.05, 4.69) is 15.2 Å². The summed E-state index contributed by atoms with van der Waals surface area (Å²) in [6.07, 6.45) is 3.55. The van der Waals surface area contributed by atoms with E-state index in [1.165, 1.54) is 0 Å². The molecule has 1 N–H and O–H groups in total. The monoisotopic (exact) mass is 452 g/mol. The Morgan fingerprint density at radius 3 is 2.66 bits per heavy atom. The largest absolute Gasteiger partial charge is 0.452 e. The number of aromatic nitrogens is 1. The summed E-state index contributed by atoms with van der Waals surface area (Å²) in [5.74, 6) is -0.819. The average molecular weight is 452 g/mol. The number of nitrogens with zero attached hydrogens (tertiary/aromatic N) is 3. The Labute approximate surface area is 187 Å². The summed E-state index contributed by atoms with van der Waals surface area (Å²) < 4.78 is 5.12. The maximum absolute atomic E-state index is 12.6. The molecular weight excluding hydrogens is 432 g/mol. The predicted molar refractivity (Wildman–Crippen MR) is 119 cm³/mol. The van der Waals surface area contributed by atoms with Gasteiger partial charge in [0.15, 0.2) is 6.10 Å². The van der Waals surface area contributed by atoms with Crippen LogP contribution in [0.25, 0.3) is 17.0 Å². The van der Waals surface area contributed by atoms with Crippen LogP contribution < -0.4 is 10.2 Å². The van der Waals surface area contributed by atoms with Crippen molar-refractivity contribution in [3.05, 3.63) is 40.9 Å². The first-order valence-corrected chi connectivity index (χ1v) is 11.2. The average Bonchev–Trinajstić information content (AvgIpc) is 3.37. The van der Waals surface area contributed by atoms with Gasteiger partial charge in [-0.3, -0.25) is 29.5 Å². The van der Waals surface area contributed by atoms with E-state index in [9.17, 15) is 19.2 Å². The number of carbonyl (C=O) groups is 4. The zero-order valence-corrected chi connectivity index (χ0v) is 17.9. The van der Waals surface area contributed by atoms with Crippen LogP contribution in [0.5, 0.6) is 0 Å². The van der Waals surface area contributed by atoms with E-state index in [0.717, 1.165) is 33.9 Å². The van der Waals surface area contributed by atoms with Gasteiger partial charge in [-0.1, -0.05) is 6.07 Å². The minimum absolute atomic E-state index is 0.120. The number of imide groups is 1. The molecule has 1 aromatic carbocycles. The highest BCUT2D eigenvalue weighted by Gasteiger charge is 2.34. The van der Waals surface area contributed by atoms with Gasteiger partial charge in [0.05, 0.1) is 10.4 Å². The molecule has 0 radical (unpaired) electrons. The Bertz CT molecular complexity index is 1170. The van der Waals surface area contributed by atoms with Crippen LogP contribution in [0.1, 0.15) is 18.4 Å². The summed E-state index contributed by atoms with van der Waals surface area (Å²) in [6.45, 7) is 2.37. The minimum atomic E-state index is -0.649. The number of esters is 1. The zero-order valence-electron chi connectivity index (χ0n) is 17.1. The first kappa shape index (κ1) is 20.5. The number of thioether (sulfide) groups is 1. The van der Waals surface area contributed by atoms with Crippen molar-refractivity contribution in [2.75, 3.05) is 31.1 Å². The molecule has 0 aliphatic carbocycles. The first-order valence-electron chi connectivity index (χ1n) is 10.3. The molecule has 32 heavy (non-hydrogen) atoms. The van der Waals surface area contributed by atoms with Crippen molar-refractivity contribution in [1.82, 2.24) is 15.2 Å². The highest BCUT2D eigenvalue weighted by molar-refractivity contribution is 8.18. The van der Waals surface area contributed by atoms with Gasteiger partial charge in [-0.25, -0.2) is 0 Å². The lowest BCUT2D eigenvalue weighted by Crippen LogP contribution is -2.51. The number of carbonyl (C=O) groups excluding carboxylic acids is 4. The Hall–Kier alpha value is -3.40. The first-order chi connectivity index (χ1) is 15.5. The van der Waals surface area contributed by atoms with E-state index in [-0.39, 0.29) is 23.0 Å². The number of nitrogens with one attached hydrogen (secondary N) is 1. The maximum atomic E-state index is 12.6. The molecular formula is C22H20N4O5S. The van der Waals surface area contributed by atoms with E-state index in [4.69, 9.17) is 4.74 Å². The fourth-order valence-electron chi connectivity index (χ4n) is 4.16. The van der Waals surface area contributed by atoms with Gasteiger partial charge in [0.2, 0.25) is 0 Å². The van der Waals surface area contributed by atoms with E-state index >= 15 is 0 Å². The molecule has 5 rings (SSSR count). The molecule has 0 saturated carbocycles. The van der Waals surface area contributed by atoms with Crippen LogP contribution in [0.2, 0.25) is 0 Å². The molecule has 3 saturated heterocycles. The van der Waals surface area contributed by atoms with Gasteiger partial charge < -0.3 is 14.5 Å². The summed E-state index contributed by atoms with van der Waals surface area (Å²) in [4.78, 5) is 56.0. The van der Waals surface area contributed by atoms with Crippen molar-refractivity contribution in [1.29, 1.82) is 0 Å². The second-order valence-electron chi connectivity index (χ2n) is 7.79. The third-order valence-electron chi connectivity index (χ3n) is 5.77. The number of piperazine rings is 1. The minimum Gasteiger partial charge on any atom is -0.452 e. The van der Waals surface area contributed by atoms with Gasteiger partial charge in [-0.15, -0.1) is 0 Å². The molecule has 3 aliphatic rings. The van der Waals surface area contributed by atoms with Gasteiger partial charge in [0, 0.05) is 56.3 Å². The number of ether oxygens (including phenoxy) is 1. The van der Waals surface area contributed by atoms with E-state index in [1.807, 2.05) is 24.3 Å². The Morgan fingerprint density at radius 2 is 1.97 bits per heavy atom. The number of benzene rings is 1. The molecule has 3 aliphatic heterocycles. The van der Waals surface area contributed by atoms with Crippen LogP contribution in [0.15, 0.2) is 35.4 Å². The zero-order chi connectivity index (χ0) is 22.2. The maximum Gasteiger partial charge on any atom is 0.306 e. The Morgan fingerprint density at radius 1 is 1.16 bits per heavy atom. The number of cyclic esters (lactones) is 1. The lowest BCUT2D eigenvalue weighted by atomic mass is 10.1. The molecule has 0 unspecified atom stereocenters. The number of fused-ring (bicyclic) bond motifs is 1. The van der Waals surface area contributed by atoms with Gasteiger partial charge >= 0.3 is 5.97 Å². The summed E-state index contributed by atoms with van der Waals surface area (Å²) in [7, 11) is 0. The second kappa shape index (κ2) is 8.27. The molecule has 9 nitrogen and oxygen atoms in total. The van der Waals surface area contributed by atoms with Crippen molar-refractivity contribution in [2.45, 2.75) is 18.9 Å². The quantitative estimate of drug-likeness (QED) is 0.556. The fraction of sp³-hybridized carbons (Fsp3) is 0.318. The molecule has 0 bridgehead atoms. The van der Waals surface area contributed by atoms with E-state index in [0.29, 0.717) is 43.9 Å². The third kappa shape index (κ3) is 3.93. The smallest absolute Gasteiger partial charge is 0.306 e. The summed E-state index contributed by atoms with van der Waals surface area (Å²) in [6, 6.07) is 7.65. The van der Waals surface area contributed by atoms with Crippen LogP contribution in [0.3, 0.4) is 0 Å². The topological polar surface area (TPSA) is 109 Å². The van der Waals surface area contributed by atoms with Crippen molar-refractivity contribution in [2.24, 2.45) is 0 Å². The van der Waals surface area contributed by atoms with Crippen molar-refractivity contribution >= 4 is 57.5 Å². The van der Waals surface area contributed by atoms with Crippen molar-refractivity contribution in [3.8, 4) is 0 Å². The Kier molecular flexibility index (Phi) is 5.30. The molecule has 1 aromatic heterocycles. The lowest BCUT2D eigenvalue weighted by Gasteiger charge is -2.37. The van der Waals surface area contributed by atoms with Crippen LogP contribution in [-0.4, -0.2) is 65.2 Å². The number of anilines is 1. The van der Waals surface area contributed by atoms with Gasteiger partial charge in [0.25, 0.3) is 17.1 Å². The van der Waals surface area contributed by atoms with Gasteiger partial charge in [-0.2, -0.15) is 0 Å². The van der Waals surface area contributed by atoms with Crippen molar-refractivity contribution < 1.29 is 23.9 Å². The number of amides is 3. The van der Waals surface area contributed by atoms with Gasteiger partial charge in [-0.05, 0) is 41.6 Å². The SMILES string of the molecule is O=C1CC[C@@H](C(=O)N2CCN(c3ccnc4ccc(C=C5SC(=O)NC5=O)cc34)CC2)O1. The van der Waals surface area contributed by atoms with E-state index < -0.39 is 6.10 Å². The highest BCUT2D eigenvalue weighted by atomic mass is 32.2. The lowest BCUT2D eigenvalue weighted by molar-refractivity contribution is -0.153. The molecule has 10 heteroatoms. The van der Waals surface area contributed by atoms with Crippen LogP contribution in [0, 0.1) is 0 Å². The predicted octanol–water partition coefficient (Wildman–Crippen LogP) is 1.91. The van der Waals surface area contributed by atoms with Gasteiger partial charge in [0.1, 0.15) is 0 Å². The number of pyridine rings is 1. The van der Waals surface area contributed by atoms with Crippen LogP contribution in [-0.2, 0) is 19.1 Å². The molecule has 4 heterocycles. The molecule has 3 fully saturated rings. The standard InChI is InChI=1S/C22H20N4O5S/c27-19-4-3-17(31-19)21(29)26-9-7-25(8-10-26)16-5-6-23-15-2-1-13(11-14(15)16)12-18-20(28)24-22(30)32-18/h1-2,5-6,11-12,17H,3-4,7-10H2,(H,24,28,30)/t17-/m0/s1. The molecule has 3 amide bonds. The van der Waals surface area contributed by atoms with E-state index in [1.54, 1.807) is 17.2 Å². The number of hydrogen-bond acceptors (Lipinski definition) is 8. The molecule has 0 spiro atoms. The van der Waals surface area contributed by atoms with Crippen molar-refractivity contribution in [3.63, 3.8) is 0 Å². The number of rotatable bonds is 3. The highest BCUT2D eigenvalue weighted by Crippen LogP contribution is 2.30. The van der Waals surface area contributed by atoms with Crippen LogP contribution in [0.4, 0.5) is 10.5 Å². The number of hydrogen-bond donors (Lipinski definition) is 1. The third-order valence-corrected chi connectivity index (χ3v) is 6.58. The second-order valence-corrected chi connectivity index (χ2v) is 8.80. The molecule has 164 valence electrons. The molecule has 1 atom stereocenters. The summed E-state index contributed by atoms with van der Waals surface area (Å²) in [5, 5.41) is 2.82. The molecule has 2 aromatic rings. The fourth-order valence-corrected chi connectivity index (χ4v) is 4.84. The summed E-state index contributed by atoms with van der Waals surface area (Å²) >= 11 is 0.886. The Balaban J connectivity index is 1.35.